The van der Waals surface area contributed by atoms with Gasteiger partial charge in [0.15, 0.2) is 0 Å². The molecule has 0 aliphatic carbocycles. The zero-order chi connectivity index (χ0) is 29.1. The van der Waals surface area contributed by atoms with Crippen LogP contribution in [0.3, 0.4) is 0 Å². The van der Waals surface area contributed by atoms with Gasteiger partial charge >= 0.3 is 11.9 Å². The van der Waals surface area contributed by atoms with Gasteiger partial charge in [-0.25, -0.2) is 14.0 Å². The fourth-order valence-corrected chi connectivity index (χ4v) is 4.72. The Morgan fingerprint density at radius 3 is 2.48 bits per heavy atom. The van der Waals surface area contributed by atoms with E-state index in [-0.39, 0.29) is 46.8 Å². The lowest BCUT2D eigenvalue weighted by Gasteiger charge is -2.31. The summed E-state index contributed by atoms with van der Waals surface area (Å²) in [5.41, 5.74) is 2.35. The van der Waals surface area contributed by atoms with Gasteiger partial charge in [0.1, 0.15) is 5.82 Å². The molecule has 0 fully saturated rings. The minimum atomic E-state index is -0.894. The van der Waals surface area contributed by atoms with Gasteiger partial charge in [0.25, 0.3) is 0 Å². The van der Waals surface area contributed by atoms with Gasteiger partial charge in [-0.15, -0.1) is 0 Å². The monoisotopic (exact) mass is 594 g/mol. The second-order valence-corrected chi connectivity index (χ2v) is 9.56. The Morgan fingerprint density at radius 2 is 1.75 bits per heavy atom. The third-order valence-electron chi connectivity index (χ3n) is 6.15. The number of allylic oxidation sites excluding steroid dienone is 1. The van der Waals surface area contributed by atoms with Crippen LogP contribution in [0.25, 0.3) is 0 Å². The molecule has 0 saturated carbocycles. The van der Waals surface area contributed by atoms with E-state index >= 15 is 0 Å². The first-order chi connectivity index (χ1) is 19.3. The lowest BCUT2D eigenvalue weighted by atomic mass is 9.80. The van der Waals surface area contributed by atoms with Gasteiger partial charge in [-0.2, -0.15) is 0 Å². The minimum absolute atomic E-state index is 0.0174. The van der Waals surface area contributed by atoms with Crippen molar-refractivity contribution >= 4 is 35.1 Å². The number of ether oxygens (including phenoxy) is 4. The Balaban J connectivity index is 1.68. The number of dihydropyridines is 1. The molecule has 40 heavy (non-hydrogen) atoms. The van der Waals surface area contributed by atoms with Crippen molar-refractivity contribution in [3.05, 3.63) is 92.0 Å². The fourth-order valence-electron chi connectivity index (χ4n) is 4.30. The number of carbonyl (C=O) groups excluding carboxylic acids is 2. The molecule has 0 amide bonds. The van der Waals surface area contributed by atoms with Crippen LogP contribution in [0.5, 0.6) is 0 Å². The van der Waals surface area contributed by atoms with Crippen molar-refractivity contribution in [1.82, 2.24) is 10.6 Å². The predicted molar refractivity (Wildman–Crippen MR) is 150 cm³/mol. The lowest BCUT2D eigenvalue weighted by molar-refractivity contribution is -0.139. The second kappa shape index (κ2) is 15.7. The predicted octanol–water partition coefficient (Wildman–Crippen LogP) is 4.91. The molecular weight excluding hydrogens is 562 g/mol. The molecule has 1 heterocycles. The average molecular weight is 595 g/mol. The molecule has 2 aromatic carbocycles. The molecule has 1 aliphatic heterocycles. The van der Waals surface area contributed by atoms with Gasteiger partial charge in [0, 0.05) is 24.4 Å². The number of carbonyl (C=O) groups is 2. The molecular formula is C29H33Cl2FN2O6. The van der Waals surface area contributed by atoms with Crippen LogP contribution in [0.2, 0.25) is 10.0 Å². The lowest BCUT2D eigenvalue weighted by Crippen LogP contribution is -2.35. The third kappa shape index (κ3) is 8.05. The molecule has 0 bridgehead atoms. The molecule has 2 N–H and O–H groups in total. The summed E-state index contributed by atoms with van der Waals surface area (Å²) in [6.45, 7) is 5.43. The van der Waals surface area contributed by atoms with Crippen LogP contribution in [-0.2, 0) is 35.1 Å². The first-order valence-electron chi connectivity index (χ1n) is 12.8. The first kappa shape index (κ1) is 31.6. The van der Waals surface area contributed by atoms with Crippen molar-refractivity contribution in [3.63, 3.8) is 0 Å². The molecule has 1 atom stereocenters. The molecule has 0 radical (unpaired) electrons. The number of rotatable bonds is 14. The molecule has 0 spiro atoms. The summed E-state index contributed by atoms with van der Waals surface area (Å²) < 4.78 is 35.5. The van der Waals surface area contributed by atoms with E-state index in [4.69, 9.17) is 42.1 Å². The second-order valence-electron chi connectivity index (χ2n) is 8.78. The summed E-state index contributed by atoms with van der Waals surface area (Å²) in [5, 5.41) is 6.74. The SMILES string of the molecule is CCOC(=O)C1=C(COCCOCCNCc2ccccc2F)NC(C)=C(C(=O)OC)C1c1cccc(Cl)c1Cl. The Morgan fingerprint density at radius 1 is 1.00 bits per heavy atom. The van der Waals surface area contributed by atoms with Crippen LogP contribution in [-0.4, -0.2) is 58.6 Å². The van der Waals surface area contributed by atoms with E-state index in [1.54, 1.807) is 50.2 Å². The van der Waals surface area contributed by atoms with E-state index in [2.05, 4.69) is 10.6 Å². The number of methoxy groups -OCH3 is 1. The summed E-state index contributed by atoms with van der Waals surface area (Å²) in [4.78, 5) is 26.1. The van der Waals surface area contributed by atoms with Crippen LogP contribution in [0.4, 0.5) is 4.39 Å². The van der Waals surface area contributed by atoms with Crippen LogP contribution >= 0.6 is 23.2 Å². The Labute approximate surface area is 243 Å². The summed E-state index contributed by atoms with van der Waals surface area (Å²) >= 11 is 12.8. The molecule has 2 aromatic rings. The average Bonchev–Trinajstić information content (AvgIpc) is 2.93. The molecule has 11 heteroatoms. The van der Waals surface area contributed by atoms with Crippen LogP contribution in [0, 0.1) is 5.82 Å². The van der Waals surface area contributed by atoms with E-state index in [0.29, 0.717) is 48.8 Å². The highest BCUT2D eigenvalue weighted by atomic mass is 35.5. The van der Waals surface area contributed by atoms with Crippen molar-refractivity contribution in [2.24, 2.45) is 0 Å². The van der Waals surface area contributed by atoms with Crippen molar-refractivity contribution in [1.29, 1.82) is 0 Å². The van der Waals surface area contributed by atoms with E-state index in [1.165, 1.54) is 13.2 Å². The van der Waals surface area contributed by atoms with Gasteiger partial charge in [0.05, 0.1) is 73.0 Å². The normalized spacial score (nSPS) is 15.2. The van der Waals surface area contributed by atoms with Crippen molar-refractivity contribution in [3.8, 4) is 0 Å². The molecule has 8 nitrogen and oxygen atoms in total. The number of benzene rings is 2. The number of hydrogen-bond acceptors (Lipinski definition) is 8. The van der Waals surface area contributed by atoms with E-state index in [1.807, 2.05) is 0 Å². The number of nitrogens with one attached hydrogen (secondary N) is 2. The first-order valence-corrected chi connectivity index (χ1v) is 13.5. The van der Waals surface area contributed by atoms with Crippen LogP contribution in [0.15, 0.2) is 65.0 Å². The summed E-state index contributed by atoms with van der Waals surface area (Å²) in [5.74, 6) is -2.39. The van der Waals surface area contributed by atoms with Crippen molar-refractivity contribution in [2.75, 3.05) is 46.7 Å². The topological polar surface area (TPSA) is 95.1 Å². The molecule has 1 aliphatic rings. The summed E-state index contributed by atoms with van der Waals surface area (Å²) in [6, 6.07) is 11.6. The zero-order valence-electron chi connectivity index (χ0n) is 22.7. The number of hydrogen-bond donors (Lipinski definition) is 2. The van der Waals surface area contributed by atoms with Crippen molar-refractivity contribution < 1.29 is 32.9 Å². The smallest absolute Gasteiger partial charge is 0.336 e. The fraction of sp³-hybridized carbons (Fsp3) is 0.379. The molecule has 3 rings (SSSR count). The Kier molecular flexibility index (Phi) is 12.4. The van der Waals surface area contributed by atoms with Gasteiger partial charge in [-0.1, -0.05) is 53.5 Å². The highest BCUT2D eigenvalue weighted by molar-refractivity contribution is 6.42. The van der Waals surface area contributed by atoms with Crippen LogP contribution in [0.1, 0.15) is 30.9 Å². The third-order valence-corrected chi connectivity index (χ3v) is 6.99. The van der Waals surface area contributed by atoms with E-state index in [0.717, 1.165) is 0 Å². The quantitative estimate of drug-likeness (QED) is 0.235. The van der Waals surface area contributed by atoms with Gasteiger partial charge in [-0.3, -0.25) is 0 Å². The van der Waals surface area contributed by atoms with Crippen molar-refractivity contribution in [2.45, 2.75) is 26.3 Å². The van der Waals surface area contributed by atoms with Gasteiger partial charge in [-0.05, 0) is 31.5 Å². The minimum Gasteiger partial charge on any atom is -0.466 e. The number of esters is 2. The van der Waals surface area contributed by atoms with Crippen LogP contribution < -0.4 is 10.6 Å². The maximum absolute atomic E-state index is 13.7. The highest BCUT2D eigenvalue weighted by Crippen LogP contribution is 2.43. The molecule has 1 unspecified atom stereocenters. The van der Waals surface area contributed by atoms with Gasteiger partial charge < -0.3 is 29.6 Å². The largest absolute Gasteiger partial charge is 0.466 e. The molecule has 0 saturated heterocycles. The molecule has 216 valence electrons. The zero-order valence-corrected chi connectivity index (χ0v) is 24.2. The standard InChI is InChI=1S/C29H33Cl2FN2O6/c1-4-40-29(36)26-23(17-39-15-14-38-13-12-33-16-19-8-5-6-11-22(19)32)34-18(2)24(28(35)37-3)25(26)20-9-7-10-21(30)27(20)31/h5-11,25,33-34H,4,12-17H2,1-3H3. The van der Waals surface area contributed by atoms with E-state index < -0.39 is 17.9 Å². The highest BCUT2D eigenvalue weighted by Gasteiger charge is 2.40. The maximum Gasteiger partial charge on any atom is 0.336 e. The van der Waals surface area contributed by atoms with Gasteiger partial charge in [0.2, 0.25) is 0 Å². The maximum atomic E-state index is 13.7. The summed E-state index contributed by atoms with van der Waals surface area (Å²) in [7, 11) is 1.26. The Bertz CT molecular complexity index is 1270. The summed E-state index contributed by atoms with van der Waals surface area (Å²) in [6.07, 6.45) is 0. The van der Waals surface area contributed by atoms with E-state index in [9.17, 15) is 14.0 Å². The number of halogens is 3. The molecule has 0 aromatic heterocycles. The Hall–Kier alpha value is -2.95.